The second-order valence-electron chi connectivity index (χ2n) is 6.10. The molecule has 0 unspecified atom stereocenters. The topological polar surface area (TPSA) is 68.5 Å². The van der Waals surface area contributed by atoms with Crippen LogP contribution in [0.15, 0.2) is 72.9 Å². The van der Waals surface area contributed by atoms with Crippen molar-refractivity contribution in [1.29, 1.82) is 0 Å². The first-order valence-corrected chi connectivity index (χ1v) is 9.12. The van der Waals surface area contributed by atoms with E-state index in [0.717, 1.165) is 11.2 Å². The second-order valence-corrected chi connectivity index (χ2v) is 6.51. The summed E-state index contributed by atoms with van der Waals surface area (Å²) in [5, 5.41) is 11.7. The molecular weight excluding hydrogens is 376 g/mol. The number of hydrogen-bond donors (Lipinski definition) is 1. The van der Waals surface area contributed by atoms with Gasteiger partial charge < -0.3 is 10.1 Å². The van der Waals surface area contributed by atoms with Gasteiger partial charge in [0.15, 0.2) is 11.5 Å². The van der Waals surface area contributed by atoms with Gasteiger partial charge >= 0.3 is 0 Å². The minimum atomic E-state index is -0.248. The van der Waals surface area contributed by atoms with Crippen LogP contribution in [0.2, 0.25) is 5.02 Å². The number of carbonyl (C=O) groups is 1. The summed E-state index contributed by atoms with van der Waals surface area (Å²) in [4.78, 5) is 12.7. The van der Waals surface area contributed by atoms with Gasteiger partial charge in [-0.05, 0) is 30.3 Å². The van der Waals surface area contributed by atoms with Gasteiger partial charge in [0.2, 0.25) is 0 Å². The molecule has 0 aliphatic carbocycles. The molecule has 0 atom stereocenters. The zero-order valence-corrected chi connectivity index (χ0v) is 15.6. The zero-order chi connectivity index (χ0) is 19.3. The molecular formula is C21H17ClN4O2. The number of benzene rings is 2. The summed E-state index contributed by atoms with van der Waals surface area (Å²) < 4.78 is 7.69. The zero-order valence-electron chi connectivity index (χ0n) is 14.9. The van der Waals surface area contributed by atoms with Crippen LogP contribution >= 0.6 is 11.6 Å². The van der Waals surface area contributed by atoms with E-state index in [2.05, 4.69) is 15.5 Å². The molecule has 0 bridgehead atoms. The summed E-state index contributed by atoms with van der Waals surface area (Å²) in [6, 6.07) is 20.2. The van der Waals surface area contributed by atoms with Crippen molar-refractivity contribution in [3.63, 3.8) is 0 Å². The monoisotopic (exact) mass is 392 g/mol. The Kier molecular flexibility index (Phi) is 5.21. The summed E-state index contributed by atoms with van der Waals surface area (Å²) in [5.74, 6) is 0.895. The lowest BCUT2D eigenvalue weighted by atomic mass is 10.2. The van der Waals surface area contributed by atoms with Gasteiger partial charge in [-0.25, -0.2) is 0 Å². The lowest BCUT2D eigenvalue weighted by Gasteiger charge is -2.12. The fourth-order valence-corrected chi connectivity index (χ4v) is 3.01. The number of nitrogens with zero attached hydrogens (tertiary/aromatic N) is 3. The van der Waals surface area contributed by atoms with Crippen LogP contribution < -0.4 is 10.1 Å². The number of nitrogens with one attached hydrogen (secondary N) is 1. The molecule has 0 aliphatic heterocycles. The normalized spacial score (nSPS) is 10.8. The number of carbonyl (C=O) groups excluding carboxylic acids is 1. The Morgan fingerprint density at radius 2 is 1.79 bits per heavy atom. The van der Waals surface area contributed by atoms with Crippen molar-refractivity contribution in [2.24, 2.45) is 0 Å². The van der Waals surface area contributed by atoms with Crippen LogP contribution in [0.1, 0.15) is 21.7 Å². The summed E-state index contributed by atoms with van der Waals surface area (Å²) in [7, 11) is 0. The fraction of sp³-hybridized carbons (Fsp3) is 0.0952. The third kappa shape index (κ3) is 3.82. The van der Waals surface area contributed by atoms with E-state index in [1.54, 1.807) is 18.2 Å². The molecule has 2 aromatic heterocycles. The van der Waals surface area contributed by atoms with E-state index >= 15 is 0 Å². The molecule has 4 rings (SSSR count). The van der Waals surface area contributed by atoms with E-state index in [1.807, 2.05) is 59.1 Å². The Morgan fingerprint density at radius 1 is 1.00 bits per heavy atom. The molecule has 2 aromatic carbocycles. The van der Waals surface area contributed by atoms with E-state index < -0.39 is 0 Å². The predicted octanol–water partition coefficient (Wildman–Crippen LogP) is 3.89. The molecule has 0 spiro atoms. The Labute approximate surface area is 166 Å². The second kappa shape index (κ2) is 8.10. The van der Waals surface area contributed by atoms with Gasteiger partial charge in [0, 0.05) is 16.8 Å². The first-order valence-electron chi connectivity index (χ1n) is 8.74. The molecule has 1 amide bonds. The van der Waals surface area contributed by atoms with Gasteiger partial charge in [-0.1, -0.05) is 48.0 Å². The predicted molar refractivity (Wildman–Crippen MR) is 106 cm³/mol. The summed E-state index contributed by atoms with van der Waals surface area (Å²) >= 11 is 6.17. The van der Waals surface area contributed by atoms with Crippen molar-refractivity contribution < 1.29 is 9.53 Å². The van der Waals surface area contributed by atoms with Crippen molar-refractivity contribution in [1.82, 2.24) is 19.9 Å². The van der Waals surface area contributed by atoms with Crippen LogP contribution in [0.4, 0.5) is 0 Å². The molecule has 0 saturated carbocycles. The Hall–Kier alpha value is -3.38. The quantitative estimate of drug-likeness (QED) is 0.540. The first-order chi connectivity index (χ1) is 13.7. The molecule has 2 heterocycles. The van der Waals surface area contributed by atoms with E-state index in [1.165, 1.54) is 0 Å². The van der Waals surface area contributed by atoms with Crippen LogP contribution in [0.5, 0.6) is 5.75 Å². The van der Waals surface area contributed by atoms with Gasteiger partial charge in [0.05, 0.1) is 12.1 Å². The third-order valence-electron chi connectivity index (χ3n) is 4.26. The smallest absolute Gasteiger partial charge is 0.255 e. The van der Waals surface area contributed by atoms with Crippen molar-refractivity contribution in [3.05, 3.63) is 94.9 Å². The molecule has 4 aromatic rings. The molecule has 0 radical (unpaired) electrons. The molecule has 7 heteroatoms. The average Bonchev–Trinajstić information content (AvgIpc) is 3.15. The van der Waals surface area contributed by atoms with Gasteiger partial charge in [0.25, 0.3) is 5.91 Å². The van der Waals surface area contributed by atoms with E-state index in [-0.39, 0.29) is 19.1 Å². The minimum Gasteiger partial charge on any atom is -0.488 e. The maximum atomic E-state index is 12.7. The number of halogens is 1. The third-order valence-corrected chi connectivity index (χ3v) is 4.63. The maximum Gasteiger partial charge on any atom is 0.255 e. The van der Waals surface area contributed by atoms with Crippen LogP contribution in [0.3, 0.4) is 0 Å². The standard InChI is InChI=1S/C21H17ClN4O2/c22-17-9-3-1-7-15(17)14-28-18-10-4-2-8-16(18)21(27)23-13-20-25-24-19-11-5-6-12-26(19)20/h1-12H,13-14H2,(H,23,27). The number of ether oxygens (including phenoxy) is 1. The summed E-state index contributed by atoms with van der Waals surface area (Å²) in [6.07, 6.45) is 1.86. The lowest BCUT2D eigenvalue weighted by Crippen LogP contribution is -2.24. The number of pyridine rings is 1. The first kappa shape index (κ1) is 18.0. The summed E-state index contributed by atoms with van der Waals surface area (Å²) in [5.41, 5.74) is 2.04. The highest BCUT2D eigenvalue weighted by atomic mass is 35.5. The fourth-order valence-electron chi connectivity index (χ4n) is 2.82. The molecule has 28 heavy (non-hydrogen) atoms. The summed E-state index contributed by atoms with van der Waals surface area (Å²) in [6.45, 7) is 0.529. The highest BCUT2D eigenvalue weighted by Crippen LogP contribution is 2.22. The van der Waals surface area contributed by atoms with E-state index in [4.69, 9.17) is 16.3 Å². The van der Waals surface area contributed by atoms with E-state index in [0.29, 0.717) is 22.2 Å². The van der Waals surface area contributed by atoms with Gasteiger partial charge in [-0.15, -0.1) is 10.2 Å². The minimum absolute atomic E-state index is 0.248. The van der Waals surface area contributed by atoms with Crippen LogP contribution in [-0.2, 0) is 13.2 Å². The van der Waals surface area contributed by atoms with E-state index in [9.17, 15) is 4.79 Å². The Bertz CT molecular complexity index is 1130. The van der Waals surface area contributed by atoms with Gasteiger partial charge in [-0.3, -0.25) is 9.20 Å². The highest BCUT2D eigenvalue weighted by molar-refractivity contribution is 6.31. The molecule has 140 valence electrons. The number of amides is 1. The largest absolute Gasteiger partial charge is 0.488 e. The Balaban J connectivity index is 1.46. The van der Waals surface area contributed by atoms with Crippen molar-refractivity contribution in [2.45, 2.75) is 13.2 Å². The van der Waals surface area contributed by atoms with Gasteiger partial charge in [-0.2, -0.15) is 0 Å². The molecule has 0 saturated heterocycles. The van der Waals surface area contributed by atoms with Crippen LogP contribution in [0, 0.1) is 0 Å². The Morgan fingerprint density at radius 3 is 2.68 bits per heavy atom. The maximum absolute atomic E-state index is 12.7. The molecule has 0 aliphatic rings. The van der Waals surface area contributed by atoms with Crippen LogP contribution in [-0.4, -0.2) is 20.5 Å². The number of rotatable bonds is 6. The highest BCUT2D eigenvalue weighted by Gasteiger charge is 2.14. The van der Waals surface area contributed by atoms with Crippen molar-refractivity contribution in [2.75, 3.05) is 0 Å². The van der Waals surface area contributed by atoms with Crippen molar-refractivity contribution in [3.8, 4) is 5.75 Å². The SMILES string of the molecule is O=C(NCc1nnc2ccccn12)c1ccccc1OCc1ccccc1Cl. The number of hydrogen-bond acceptors (Lipinski definition) is 4. The number of aromatic nitrogens is 3. The molecule has 0 fully saturated rings. The molecule has 6 nitrogen and oxygen atoms in total. The number of fused-ring (bicyclic) bond motifs is 1. The lowest BCUT2D eigenvalue weighted by molar-refractivity contribution is 0.0945. The van der Waals surface area contributed by atoms with Crippen molar-refractivity contribution >= 4 is 23.2 Å². The molecule has 1 N–H and O–H groups in total. The van der Waals surface area contributed by atoms with Gasteiger partial charge in [0.1, 0.15) is 12.4 Å². The van der Waals surface area contributed by atoms with Crippen LogP contribution in [0.25, 0.3) is 5.65 Å². The average molecular weight is 393 g/mol. The number of para-hydroxylation sites is 1.